The Hall–Kier alpha value is -2.72. The van der Waals surface area contributed by atoms with Gasteiger partial charge in [0.1, 0.15) is 11.9 Å². The second-order valence-corrected chi connectivity index (χ2v) is 5.85. The zero-order chi connectivity index (χ0) is 19.5. The SMILES string of the molecule is C#CCNc1ccc(C(=O)NCC(COC)OC(=O)C(C)C)cc1OC. The number of hydrogen-bond donors (Lipinski definition) is 2. The van der Waals surface area contributed by atoms with E-state index in [4.69, 9.17) is 20.6 Å². The highest BCUT2D eigenvalue weighted by atomic mass is 16.6. The number of terminal acetylenes is 1. The number of carbonyl (C=O) groups is 2. The van der Waals surface area contributed by atoms with E-state index in [1.54, 1.807) is 32.0 Å². The largest absolute Gasteiger partial charge is 0.495 e. The van der Waals surface area contributed by atoms with Gasteiger partial charge in [0.25, 0.3) is 5.91 Å². The van der Waals surface area contributed by atoms with E-state index in [1.807, 2.05) is 0 Å². The molecule has 0 saturated carbocycles. The molecule has 0 heterocycles. The lowest BCUT2D eigenvalue weighted by molar-refractivity contribution is -0.155. The first kappa shape index (κ1) is 21.3. The van der Waals surface area contributed by atoms with Crippen molar-refractivity contribution in [3.05, 3.63) is 23.8 Å². The molecule has 0 fully saturated rings. The van der Waals surface area contributed by atoms with Crippen LogP contribution in [0.15, 0.2) is 18.2 Å². The zero-order valence-corrected chi connectivity index (χ0v) is 15.6. The third-order valence-corrected chi connectivity index (χ3v) is 3.44. The summed E-state index contributed by atoms with van der Waals surface area (Å²) in [6.07, 6.45) is 4.67. The van der Waals surface area contributed by atoms with E-state index < -0.39 is 6.10 Å². The van der Waals surface area contributed by atoms with Gasteiger partial charge in [-0.15, -0.1) is 6.42 Å². The Kier molecular flexibility index (Phi) is 9.02. The molecule has 0 aromatic heterocycles. The van der Waals surface area contributed by atoms with Gasteiger partial charge in [-0.05, 0) is 18.2 Å². The molecule has 1 aromatic rings. The number of anilines is 1. The zero-order valence-electron chi connectivity index (χ0n) is 15.6. The Morgan fingerprint density at radius 3 is 2.58 bits per heavy atom. The molecule has 0 bridgehead atoms. The van der Waals surface area contributed by atoms with Crippen molar-refractivity contribution < 1.29 is 23.8 Å². The Balaban J connectivity index is 2.73. The molecular weight excluding hydrogens is 336 g/mol. The minimum absolute atomic E-state index is 0.143. The Morgan fingerprint density at radius 1 is 1.27 bits per heavy atom. The molecule has 0 aliphatic carbocycles. The van der Waals surface area contributed by atoms with E-state index in [2.05, 4.69) is 16.6 Å². The quantitative estimate of drug-likeness (QED) is 0.487. The molecule has 0 aliphatic rings. The number of benzene rings is 1. The number of methoxy groups -OCH3 is 2. The van der Waals surface area contributed by atoms with Crippen LogP contribution in [0.2, 0.25) is 0 Å². The maximum absolute atomic E-state index is 12.4. The Bertz CT molecular complexity index is 652. The molecule has 1 rings (SSSR count). The highest BCUT2D eigenvalue weighted by Gasteiger charge is 2.18. The summed E-state index contributed by atoms with van der Waals surface area (Å²) in [4.78, 5) is 24.1. The van der Waals surface area contributed by atoms with Gasteiger partial charge in [-0.25, -0.2) is 0 Å². The van der Waals surface area contributed by atoms with Crippen molar-refractivity contribution in [2.24, 2.45) is 5.92 Å². The molecular formula is C19H26N2O5. The first-order valence-corrected chi connectivity index (χ1v) is 8.25. The number of hydrogen-bond acceptors (Lipinski definition) is 6. The number of amides is 1. The van der Waals surface area contributed by atoms with Crippen LogP contribution in [0.3, 0.4) is 0 Å². The van der Waals surface area contributed by atoms with E-state index in [9.17, 15) is 9.59 Å². The van der Waals surface area contributed by atoms with Crippen molar-refractivity contribution >= 4 is 17.6 Å². The Labute approximate surface area is 154 Å². The summed E-state index contributed by atoms with van der Waals surface area (Å²) in [6, 6.07) is 4.98. The van der Waals surface area contributed by atoms with E-state index in [0.29, 0.717) is 23.5 Å². The molecule has 1 atom stereocenters. The van der Waals surface area contributed by atoms with Crippen molar-refractivity contribution in [2.45, 2.75) is 20.0 Å². The molecule has 0 saturated heterocycles. The number of ether oxygens (including phenoxy) is 3. The molecule has 1 amide bonds. The molecule has 26 heavy (non-hydrogen) atoms. The van der Waals surface area contributed by atoms with Crippen LogP contribution in [0, 0.1) is 18.3 Å². The molecule has 0 aliphatic heterocycles. The minimum Gasteiger partial charge on any atom is -0.495 e. The predicted molar refractivity (Wildman–Crippen MR) is 99.2 cm³/mol. The minimum atomic E-state index is -0.558. The lowest BCUT2D eigenvalue weighted by Gasteiger charge is -2.19. The molecule has 142 valence electrons. The number of nitrogens with one attached hydrogen (secondary N) is 2. The van der Waals surface area contributed by atoms with E-state index in [-0.39, 0.29) is 30.9 Å². The monoisotopic (exact) mass is 362 g/mol. The van der Waals surface area contributed by atoms with Crippen LogP contribution < -0.4 is 15.4 Å². The fraction of sp³-hybridized carbons (Fsp3) is 0.474. The van der Waals surface area contributed by atoms with Crippen LogP contribution in [-0.4, -0.2) is 51.9 Å². The van der Waals surface area contributed by atoms with Gasteiger partial charge in [-0.2, -0.15) is 0 Å². The number of carbonyl (C=O) groups excluding carboxylic acids is 2. The maximum Gasteiger partial charge on any atom is 0.308 e. The summed E-state index contributed by atoms with van der Waals surface area (Å²) in [5.41, 5.74) is 1.12. The van der Waals surface area contributed by atoms with Crippen molar-refractivity contribution in [1.82, 2.24) is 5.32 Å². The lowest BCUT2D eigenvalue weighted by atomic mass is 10.1. The summed E-state index contributed by atoms with van der Waals surface area (Å²) in [5.74, 6) is 2.08. The molecule has 1 aromatic carbocycles. The van der Waals surface area contributed by atoms with E-state index in [0.717, 1.165) is 0 Å². The van der Waals surface area contributed by atoms with Crippen LogP contribution in [-0.2, 0) is 14.3 Å². The molecule has 0 radical (unpaired) electrons. The molecule has 1 unspecified atom stereocenters. The Morgan fingerprint density at radius 2 is 2.00 bits per heavy atom. The van der Waals surface area contributed by atoms with Gasteiger partial charge in [0.05, 0.1) is 38.4 Å². The van der Waals surface area contributed by atoms with Crippen molar-refractivity contribution in [1.29, 1.82) is 0 Å². The smallest absolute Gasteiger partial charge is 0.308 e. The van der Waals surface area contributed by atoms with Gasteiger partial charge in [-0.1, -0.05) is 19.8 Å². The van der Waals surface area contributed by atoms with Crippen LogP contribution in [0.25, 0.3) is 0 Å². The summed E-state index contributed by atoms with van der Waals surface area (Å²) in [7, 11) is 3.02. The van der Waals surface area contributed by atoms with Crippen LogP contribution in [0.5, 0.6) is 5.75 Å². The maximum atomic E-state index is 12.4. The second kappa shape index (κ2) is 11.0. The van der Waals surface area contributed by atoms with Gasteiger partial charge in [0, 0.05) is 12.7 Å². The third kappa shape index (κ3) is 6.65. The van der Waals surface area contributed by atoms with Gasteiger partial charge in [-0.3, -0.25) is 9.59 Å². The average Bonchev–Trinajstić information content (AvgIpc) is 2.63. The van der Waals surface area contributed by atoms with Crippen LogP contribution in [0.1, 0.15) is 24.2 Å². The fourth-order valence-corrected chi connectivity index (χ4v) is 2.05. The summed E-state index contributed by atoms with van der Waals surface area (Å²) >= 11 is 0. The molecule has 2 N–H and O–H groups in total. The van der Waals surface area contributed by atoms with Crippen LogP contribution in [0.4, 0.5) is 5.69 Å². The highest BCUT2D eigenvalue weighted by Crippen LogP contribution is 2.25. The lowest BCUT2D eigenvalue weighted by Crippen LogP contribution is -2.38. The molecule has 7 nitrogen and oxygen atoms in total. The third-order valence-electron chi connectivity index (χ3n) is 3.44. The van der Waals surface area contributed by atoms with Crippen molar-refractivity contribution in [3.63, 3.8) is 0 Å². The van der Waals surface area contributed by atoms with Crippen molar-refractivity contribution in [2.75, 3.05) is 39.2 Å². The summed E-state index contributed by atoms with van der Waals surface area (Å²) in [5, 5.41) is 5.75. The van der Waals surface area contributed by atoms with Gasteiger partial charge < -0.3 is 24.8 Å². The topological polar surface area (TPSA) is 85.9 Å². The summed E-state index contributed by atoms with van der Waals surface area (Å²) < 4.78 is 15.6. The average molecular weight is 362 g/mol. The van der Waals surface area contributed by atoms with Crippen LogP contribution >= 0.6 is 0 Å². The number of esters is 1. The first-order valence-electron chi connectivity index (χ1n) is 8.25. The fourth-order valence-electron chi connectivity index (χ4n) is 2.05. The normalized spacial score (nSPS) is 11.4. The first-order chi connectivity index (χ1) is 12.4. The predicted octanol–water partition coefficient (Wildman–Crippen LogP) is 1.68. The van der Waals surface area contributed by atoms with Crippen molar-refractivity contribution in [3.8, 4) is 18.1 Å². The van der Waals surface area contributed by atoms with Gasteiger partial charge >= 0.3 is 5.97 Å². The van der Waals surface area contributed by atoms with Gasteiger partial charge in [0.15, 0.2) is 0 Å². The standard InChI is InChI=1S/C19H26N2O5/c1-6-9-20-16-8-7-14(10-17(16)25-5)18(22)21-11-15(12-24-4)26-19(23)13(2)3/h1,7-8,10,13,15,20H,9,11-12H2,2-5H3,(H,21,22). The summed E-state index contributed by atoms with van der Waals surface area (Å²) in [6.45, 7) is 4.17. The molecule has 7 heteroatoms. The van der Waals surface area contributed by atoms with Gasteiger partial charge in [0.2, 0.25) is 0 Å². The molecule has 0 spiro atoms. The number of rotatable bonds is 10. The highest BCUT2D eigenvalue weighted by molar-refractivity contribution is 5.95. The van der Waals surface area contributed by atoms with E-state index in [1.165, 1.54) is 14.2 Å². The second-order valence-electron chi connectivity index (χ2n) is 5.85. The van der Waals surface area contributed by atoms with E-state index >= 15 is 0 Å².